The van der Waals surface area contributed by atoms with Crippen LogP contribution in [0.2, 0.25) is 0 Å². The summed E-state index contributed by atoms with van der Waals surface area (Å²) in [6, 6.07) is 10.9. The van der Waals surface area contributed by atoms with Crippen molar-refractivity contribution in [3.05, 3.63) is 47.8 Å². The van der Waals surface area contributed by atoms with Crippen molar-refractivity contribution in [1.29, 1.82) is 0 Å². The number of aromatic nitrogens is 2. The van der Waals surface area contributed by atoms with Gasteiger partial charge < -0.3 is 10.2 Å². The van der Waals surface area contributed by atoms with Gasteiger partial charge in [0.05, 0.1) is 0 Å². The van der Waals surface area contributed by atoms with Crippen molar-refractivity contribution < 1.29 is 0 Å². The summed E-state index contributed by atoms with van der Waals surface area (Å²) in [6.45, 7) is 5.40. The monoisotopic (exact) mass is 308 g/mol. The molecule has 1 saturated heterocycles. The molecule has 0 atom stereocenters. The third-order valence-electron chi connectivity index (χ3n) is 5.26. The van der Waals surface area contributed by atoms with Crippen LogP contribution in [0.15, 0.2) is 36.7 Å². The molecule has 0 spiro atoms. The quantitative estimate of drug-likeness (QED) is 0.917. The molecule has 120 valence electrons. The maximum absolute atomic E-state index is 4.43. The lowest BCUT2D eigenvalue weighted by molar-refractivity contribution is 0.723. The second kappa shape index (κ2) is 5.84. The van der Waals surface area contributed by atoms with Gasteiger partial charge in [0.2, 0.25) is 0 Å². The molecule has 1 aliphatic heterocycles. The van der Waals surface area contributed by atoms with E-state index in [0.29, 0.717) is 5.41 Å². The van der Waals surface area contributed by atoms with E-state index in [9.17, 15) is 0 Å². The number of nitrogens with zero attached hydrogens (tertiary/aromatic N) is 3. The highest BCUT2D eigenvalue weighted by molar-refractivity contribution is 5.50. The normalized spacial score (nSPS) is 18.9. The van der Waals surface area contributed by atoms with Crippen molar-refractivity contribution in [1.82, 2.24) is 9.97 Å². The van der Waals surface area contributed by atoms with Crippen LogP contribution in [-0.2, 0) is 5.41 Å². The van der Waals surface area contributed by atoms with Crippen molar-refractivity contribution in [3.8, 4) is 0 Å². The van der Waals surface area contributed by atoms with Gasteiger partial charge in [-0.15, -0.1) is 0 Å². The minimum atomic E-state index is 0.296. The largest absolute Gasteiger partial charge is 0.369 e. The molecule has 4 heteroatoms. The van der Waals surface area contributed by atoms with E-state index < -0.39 is 0 Å². The lowest BCUT2D eigenvalue weighted by Crippen LogP contribution is -2.22. The molecule has 23 heavy (non-hydrogen) atoms. The molecule has 2 fully saturated rings. The molecule has 4 nitrogen and oxygen atoms in total. The molecular weight excluding hydrogens is 284 g/mol. The lowest BCUT2D eigenvalue weighted by Gasteiger charge is -2.20. The van der Waals surface area contributed by atoms with Gasteiger partial charge in [-0.25, -0.2) is 9.97 Å². The summed E-state index contributed by atoms with van der Waals surface area (Å²) < 4.78 is 0. The zero-order valence-electron chi connectivity index (χ0n) is 13.8. The molecule has 1 aromatic heterocycles. The third kappa shape index (κ3) is 2.90. The highest BCUT2D eigenvalue weighted by Gasteiger charge is 2.44. The van der Waals surface area contributed by atoms with Crippen LogP contribution in [0, 0.1) is 6.92 Å². The molecule has 0 amide bonds. The number of anilines is 2. The number of rotatable bonds is 5. The Morgan fingerprint density at radius 1 is 1.13 bits per heavy atom. The Balaban J connectivity index is 1.47. The fraction of sp³-hybridized carbons (Fsp3) is 0.474. The Morgan fingerprint density at radius 3 is 2.65 bits per heavy atom. The summed E-state index contributed by atoms with van der Waals surface area (Å²) in [5.74, 6) is 2.00. The highest BCUT2D eigenvalue weighted by Crippen LogP contribution is 2.49. The minimum absolute atomic E-state index is 0.296. The Hall–Kier alpha value is -2.10. The van der Waals surface area contributed by atoms with E-state index in [1.165, 1.54) is 36.8 Å². The van der Waals surface area contributed by atoms with Crippen LogP contribution in [0.3, 0.4) is 0 Å². The molecule has 2 aromatic rings. The van der Waals surface area contributed by atoms with E-state index in [1.54, 1.807) is 6.33 Å². The van der Waals surface area contributed by atoms with E-state index in [1.807, 2.05) is 0 Å². The average Bonchev–Trinajstić information content (AvgIpc) is 3.16. The van der Waals surface area contributed by atoms with Gasteiger partial charge in [-0.1, -0.05) is 24.3 Å². The first kappa shape index (κ1) is 14.5. The molecule has 1 saturated carbocycles. The molecule has 2 heterocycles. The third-order valence-corrected chi connectivity index (χ3v) is 5.26. The van der Waals surface area contributed by atoms with E-state index in [0.717, 1.165) is 31.3 Å². The second-order valence-corrected chi connectivity index (χ2v) is 6.90. The molecular formula is C19H24N4. The Labute approximate surface area is 138 Å². The van der Waals surface area contributed by atoms with Gasteiger partial charge >= 0.3 is 0 Å². The molecule has 1 N–H and O–H groups in total. The maximum atomic E-state index is 4.43. The molecule has 4 rings (SSSR count). The van der Waals surface area contributed by atoms with Crippen LogP contribution in [0.4, 0.5) is 11.6 Å². The number of aryl methyl sites for hydroxylation is 1. The number of benzene rings is 1. The predicted octanol–water partition coefficient (Wildman–Crippen LogP) is 3.53. The standard InChI is InChI=1S/C19H24N4/c1-15-6-2-3-7-16(15)19(8-9-19)13-20-17-12-18(22-14-21-17)23-10-4-5-11-23/h2-3,6-7,12,14H,4-5,8-11,13H2,1H3,(H,20,21,22). The van der Waals surface area contributed by atoms with Crippen LogP contribution < -0.4 is 10.2 Å². The van der Waals surface area contributed by atoms with Crippen molar-refractivity contribution in [2.24, 2.45) is 0 Å². The van der Waals surface area contributed by atoms with E-state index >= 15 is 0 Å². The molecule has 1 aliphatic carbocycles. The van der Waals surface area contributed by atoms with Crippen molar-refractivity contribution in [3.63, 3.8) is 0 Å². The lowest BCUT2D eigenvalue weighted by atomic mass is 9.92. The van der Waals surface area contributed by atoms with E-state index in [4.69, 9.17) is 0 Å². The van der Waals surface area contributed by atoms with Crippen molar-refractivity contribution in [2.75, 3.05) is 29.9 Å². The van der Waals surface area contributed by atoms with E-state index in [2.05, 4.69) is 57.4 Å². The van der Waals surface area contributed by atoms with Crippen LogP contribution in [0.5, 0.6) is 0 Å². The van der Waals surface area contributed by atoms with Crippen molar-refractivity contribution >= 4 is 11.6 Å². The van der Waals surface area contributed by atoms with Crippen LogP contribution in [-0.4, -0.2) is 29.6 Å². The number of hydrogen-bond donors (Lipinski definition) is 1. The van der Waals surface area contributed by atoms with Gasteiger partial charge in [0, 0.05) is 31.1 Å². The predicted molar refractivity (Wildman–Crippen MR) is 94.1 cm³/mol. The first-order valence-electron chi connectivity index (χ1n) is 8.64. The summed E-state index contributed by atoms with van der Waals surface area (Å²) >= 11 is 0. The summed E-state index contributed by atoms with van der Waals surface area (Å²) in [7, 11) is 0. The zero-order valence-corrected chi connectivity index (χ0v) is 13.8. The first-order valence-corrected chi connectivity index (χ1v) is 8.64. The zero-order chi connectivity index (χ0) is 15.7. The second-order valence-electron chi connectivity index (χ2n) is 6.90. The van der Waals surface area contributed by atoms with E-state index in [-0.39, 0.29) is 0 Å². The fourth-order valence-electron chi connectivity index (χ4n) is 3.68. The highest BCUT2D eigenvalue weighted by atomic mass is 15.2. The molecule has 0 unspecified atom stereocenters. The maximum Gasteiger partial charge on any atom is 0.134 e. The Bertz CT molecular complexity index is 687. The molecule has 0 radical (unpaired) electrons. The van der Waals surface area contributed by atoms with Crippen LogP contribution >= 0.6 is 0 Å². The Kier molecular flexibility index (Phi) is 3.68. The van der Waals surface area contributed by atoms with Crippen LogP contribution in [0.1, 0.15) is 36.8 Å². The van der Waals surface area contributed by atoms with Gasteiger partial charge in [-0.3, -0.25) is 0 Å². The number of nitrogens with one attached hydrogen (secondary N) is 1. The molecule has 0 bridgehead atoms. The topological polar surface area (TPSA) is 41.0 Å². The summed E-state index contributed by atoms with van der Waals surface area (Å²) in [5.41, 5.74) is 3.18. The smallest absolute Gasteiger partial charge is 0.134 e. The van der Waals surface area contributed by atoms with Gasteiger partial charge in [0.25, 0.3) is 0 Å². The van der Waals surface area contributed by atoms with Gasteiger partial charge in [0.1, 0.15) is 18.0 Å². The van der Waals surface area contributed by atoms with Gasteiger partial charge in [-0.05, 0) is 43.7 Å². The SMILES string of the molecule is Cc1ccccc1C1(CNc2cc(N3CCCC3)ncn2)CC1. The van der Waals surface area contributed by atoms with Crippen LogP contribution in [0.25, 0.3) is 0 Å². The van der Waals surface area contributed by atoms with Crippen molar-refractivity contribution in [2.45, 2.75) is 38.0 Å². The number of hydrogen-bond acceptors (Lipinski definition) is 4. The average molecular weight is 308 g/mol. The van der Waals surface area contributed by atoms with Gasteiger partial charge in [0.15, 0.2) is 0 Å². The Morgan fingerprint density at radius 2 is 1.91 bits per heavy atom. The summed E-state index contributed by atoms with van der Waals surface area (Å²) in [5, 5.41) is 3.56. The van der Waals surface area contributed by atoms with Gasteiger partial charge in [-0.2, -0.15) is 0 Å². The molecule has 1 aromatic carbocycles. The summed E-state index contributed by atoms with van der Waals surface area (Å²) in [4.78, 5) is 11.2. The fourth-order valence-corrected chi connectivity index (χ4v) is 3.68. The minimum Gasteiger partial charge on any atom is -0.369 e. The first-order chi connectivity index (χ1) is 11.3. The summed E-state index contributed by atoms with van der Waals surface area (Å²) in [6.07, 6.45) is 6.74. The molecule has 2 aliphatic rings.